The summed E-state index contributed by atoms with van der Waals surface area (Å²) >= 11 is 0. The molecule has 2 N–H and O–H groups in total. The first-order valence-corrected chi connectivity index (χ1v) is 6.81. The highest BCUT2D eigenvalue weighted by atomic mass is 19.1. The number of rotatable bonds is 5. The normalized spacial score (nSPS) is 11.0. The quantitative estimate of drug-likeness (QED) is 0.784. The van der Waals surface area contributed by atoms with E-state index in [2.05, 4.69) is 4.98 Å². The van der Waals surface area contributed by atoms with Gasteiger partial charge in [0.2, 0.25) is 0 Å². The van der Waals surface area contributed by atoms with Crippen LogP contribution in [0.1, 0.15) is 11.3 Å². The van der Waals surface area contributed by atoms with Gasteiger partial charge in [-0.25, -0.2) is 9.37 Å². The van der Waals surface area contributed by atoms with Crippen molar-refractivity contribution in [1.29, 1.82) is 0 Å². The van der Waals surface area contributed by atoms with Crippen molar-refractivity contribution in [1.82, 2.24) is 9.38 Å². The SMILES string of the molecule is NCCc1cccc(F)c1OCc1cn2ccccc2n1. The summed E-state index contributed by atoms with van der Waals surface area (Å²) < 4.78 is 21.4. The van der Waals surface area contributed by atoms with E-state index >= 15 is 0 Å². The molecule has 2 aromatic heterocycles. The molecule has 0 spiro atoms. The third-order valence-electron chi connectivity index (χ3n) is 3.24. The molecule has 21 heavy (non-hydrogen) atoms. The van der Waals surface area contributed by atoms with Crippen molar-refractivity contribution in [3.8, 4) is 5.75 Å². The van der Waals surface area contributed by atoms with Crippen LogP contribution in [0.3, 0.4) is 0 Å². The van der Waals surface area contributed by atoms with Crippen molar-refractivity contribution in [3.63, 3.8) is 0 Å². The minimum absolute atomic E-state index is 0.222. The fraction of sp³-hybridized carbons (Fsp3) is 0.188. The van der Waals surface area contributed by atoms with Crippen LogP contribution in [0.2, 0.25) is 0 Å². The first-order valence-electron chi connectivity index (χ1n) is 6.81. The van der Waals surface area contributed by atoms with Crippen molar-refractivity contribution in [2.45, 2.75) is 13.0 Å². The molecule has 0 saturated heterocycles. The number of pyridine rings is 1. The van der Waals surface area contributed by atoms with Gasteiger partial charge in [-0.2, -0.15) is 0 Å². The maximum atomic E-state index is 13.9. The van der Waals surface area contributed by atoms with Crippen LogP contribution in [0.15, 0.2) is 48.8 Å². The molecule has 0 bridgehead atoms. The maximum Gasteiger partial charge on any atom is 0.165 e. The summed E-state index contributed by atoms with van der Waals surface area (Å²) in [5.41, 5.74) is 7.92. The Labute approximate surface area is 122 Å². The van der Waals surface area contributed by atoms with Crippen molar-refractivity contribution in [2.75, 3.05) is 6.54 Å². The Morgan fingerprint density at radius 2 is 2.10 bits per heavy atom. The predicted octanol–water partition coefficient (Wildman–Crippen LogP) is 2.55. The number of aromatic nitrogens is 2. The number of halogens is 1. The average molecular weight is 285 g/mol. The number of hydrogen-bond donors (Lipinski definition) is 1. The lowest BCUT2D eigenvalue weighted by Crippen LogP contribution is -2.07. The van der Waals surface area contributed by atoms with E-state index < -0.39 is 0 Å². The predicted molar refractivity (Wildman–Crippen MR) is 78.7 cm³/mol. The zero-order valence-electron chi connectivity index (χ0n) is 11.5. The molecule has 0 radical (unpaired) electrons. The van der Waals surface area contributed by atoms with Crippen molar-refractivity contribution in [3.05, 3.63) is 65.9 Å². The Morgan fingerprint density at radius 3 is 2.90 bits per heavy atom. The molecule has 0 aliphatic rings. The summed E-state index contributed by atoms with van der Waals surface area (Å²) in [5.74, 6) is -0.107. The molecule has 1 aromatic carbocycles. The zero-order valence-corrected chi connectivity index (χ0v) is 11.5. The van der Waals surface area contributed by atoms with Gasteiger partial charge in [-0.3, -0.25) is 0 Å². The van der Waals surface area contributed by atoms with Gasteiger partial charge in [0.15, 0.2) is 11.6 Å². The molecule has 0 saturated carbocycles. The van der Waals surface area contributed by atoms with Crippen LogP contribution >= 0.6 is 0 Å². The highest BCUT2D eigenvalue weighted by molar-refractivity contribution is 5.39. The van der Waals surface area contributed by atoms with Crippen LogP contribution in [0.4, 0.5) is 4.39 Å². The third kappa shape index (κ3) is 2.87. The number of nitrogens with two attached hydrogens (primary N) is 1. The third-order valence-corrected chi connectivity index (χ3v) is 3.24. The van der Waals surface area contributed by atoms with Crippen molar-refractivity contribution in [2.24, 2.45) is 5.73 Å². The molecule has 0 amide bonds. The van der Waals surface area contributed by atoms with Crippen molar-refractivity contribution >= 4 is 5.65 Å². The van der Waals surface area contributed by atoms with E-state index in [0.717, 1.165) is 16.9 Å². The molecule has 0 aliphatic heterocycles. The van der Waals surface area contributed by atoms with E-state index in [-0.39, 0.29) is 18.2 Å². The Hall–Kier alpha value is -2.40. The molecule has 5 heteroatoms. The number of nitrogens with zero attached hydrogens (tertiary/aromatic N) is 2. The summed E-state index contributed by atoms with van der Waals surface area (Å²) in [5, 5.41) is 0. The van der Waals surface area contributed by atoms with Gasteiger partial charge in [0.1, 0.15) is 12.3 Å². The maximum absolute atomic E-state index is 13.9. The van der Waals surface area contributed by atoms with Crippen LogP contribution in [0, 0.1) is 5.82 Å². The second-order valence-corrected chi connectivity index (χ2v) is 4.75. The Balaban J connectivity index is 1.81. The molecule has 3 aromatic rings. The Bertz CT molecular complexity index is 721. The Kier molecular flexibility index (Phi) is 3.83. The van der Waals surface area contributed by atoms with Crippen LogP contribution < -0.4 is 10.5 Å². The molecular formula is C16H16FN3O. The second kappa shape index (κ2) is 5.93. The lowest BCUT2D eigenvalue weighted by molar-refractivity contribution is 0.283. The van der Waals surface area contributed by atoms with E-state index in [0.29, 0.717) is 13.0 Å². The summed E-state index contributed by atoms with van der Waals surface area (Å²) in [6.45, 7) is 0.675. The van der Waals surface area contributed by atoms with E-state index in [9.17, 15) is 4.39 Å². The summed E-state index contributed by atoms with van der Waals surface area (Å²) in [7, 11) is 0. The van der Waals surface area contributed by atoms with Gasteiger partial charge in [-0.05, 0) is 36.7 Å². The van der Waals surface area contributed by atoms with Crippen LogP contribution in [-0.4, -0.2) is 15.9 Å². The number of hydrogen-bond acceptors (Lipinski definition) is 3. The molecule has 108 valence electrons. The topological polar surface area (TPSA) is 52.5 Å². The lowest BCUT2D eigenvalue weighted by atomic mass is 10.1. The smallest absolute Gasteiger partial charge is 0.165 e. The van der Waals surface area contributed by atoms with Gasteiger partial charge in [0.05, 0.1) is 5.69 Å². The van der Waals surface area contributed by atoms with Crippen LogP contribution in [0.25, 0.3) is 5.65 Å². The number of fused-ring (bicyclic) bond motifs is 1. The van der Waals surface area contributed by atoms with Crippen LogP contribution in [0.5, 0.6) is 5.75 Å². The first kappa shape index (κ1) is 13.6. The van der Waals surface area contributed by atoms with E-state index in [1.807, 2.05) is 41.1 Å². The van der Waals surface area contributed by atoms with Gasteiger partial charge < -0.3 is 14.9 Å². The molecular weight excluding hydrogens is 269 g/mol. The van der Waals surface area contributed by atoms with Crippen molar-refractivity contribution < 1.29 is 9.13 Å². The first-order chi connectivity index (χ1) is 10.3. The average Bonchev–Trinajstić information content (AvgIpc) is 2.90. The van der Waals surface area contributed by atoms with Gasteiger partial charge >= 0.3 is 0 Å². The summed E-state index contributed by atoms with van der Waals surface area (Å²) in [6, 6.07) is 10.6. The van der Waals surface area contributed by atoms with Gasteiger partial charge in [0.25, 0.3) is 0 Å². The van der Waals surface area contributed by atoms with Crippen LogP contribution in [-0.2, 0) is 13.0 Å². The lowest BCUT2D eigenvalue weighted by Gasteiger charge is -2.10. The van der Waals surface area contributed by atoms with E-state index in [1.165, 1.54) is 6.07 Å². The minimum atomic E-state index is -0.371. The second-order valence-electron chi connectivity index (χ2n) is 4.75. The molecule has 0 unspecified atom stereocenters. The van der Waals surface area contributed by atoms with E-state index in [1.54, 1.807) is 6.07 Å². The largest absolute Gasteiger partial charge is 0.484 e. The molecule has 0 fully saturated rings. The highest BCUT2D eigenvalue weighted by Gasteiger charge is 2.10. The molecule has 0 aliphatic carbocycles. The number of para-hydroxylation sites is 1. The summed E-state index contributed by atoms with van der Waals surface area (Å²) in [4.78, 5) is 4.42. The molecule has 4 nitrogen and oxygen atoms in total. The minimum Gasteiger partial charge on any atom is -0.484 e. The Morgan fingerprint density at radius 1 is 1.19 bits per heavy atom. The van der Waals surface area contributed by atoms with Gasteiger partial charge in [-0.15, -0.1) is 0 Å². The number of benzene rings is 1. The fourth-order valence-corrected chi connectivity index (χ4v) is 2.27. The molecule has 3 rings (SSSR count). The summed E-state index contributed by atoms with van der Waals surface area (Å²) in [6.07, 6.45) is 4.37. The monoisotopic (exact) mass is 285 g/mol. The molecule has 0 atom stereocenters. The highest BCUT2D eigenvalue weighted by Crippen LogP contribution is 2.24. The van der Waals surface area contributed by atoms with Gasteiger partial charge in [-0.1, -0.05) is 18.2 Å². The number of ether oxygens (including phenoxy) is 1. The zero-order chi connectivity index (χ0) is 14.7. The standard InChI is InChI=1S/C16H16FN3O/c17-14-5-3-4-12(7-8-18)16(14)21-11-13-10-20-9-2-1-6-15(20)19-13/h1-6,9-10H,7-8,11,18H2. The fourth-order valence-electron chi connectivity index (χ4n) is 2.27. The van der Waals surface area contributed by atoms with E-state index in [4.69, 9.17) is 10.5 Å². The number of imidazole rings is 1. The molecule has 2 heterocycles. The van der Waals surface area contributed by atoms with Gasteiger partial charge in [0, 0.05) is 12.4 Å².